The van der Waals surface area contributed by atoms with Crippen LogP contribution in [0.15, 0.2) is 12.3 Å². The number of anilines is 1. The van der Waals surface area contributed by atoms with E-state index in [4.69, 9.17) is 5.73 Å². The van der Waals surface area contributed by atoms with Gasteiger partial charge in [-0.05, 0) is 20.0 Å². The summed E-state index contributed by atoms with van der Waals surface area (Å²) in [6, 6.07) is 2.05. The zero-order valence-corrected chi connectivity index (χ0v) is 10.4. The molecule has 0 saturated carbocycles. The monoisotopic (exact) mass is 238 g/mol. The van der Waals surface area contributed by atoms with E-state index in [1.807, 2.05) is 4.90 Å². The fraction of sp³-hybridized carbons (Fsp3) is 0.583. The van der Waals surface area contributed by atoms with Crippen LogP contribution in [-0.2, 0) is 6.54 Å². The highest BCUT2D eigenvalue weighted by Crippen LogP contribution is 2.21. The maximum Gasteiger partial charge on any atom is 0.170 e. The Morgan fingerprint density at radius 1 is 1.53 bits per heavy atom. The van der Waals surface area contributed by atoms with Crippen molar-refractivity contribution in [2.75, 3.05) is 31.6 Å². The second-order valence-corrected chi connectivity index (χ2v) is 4.59. The minimum Gasteiger partial charge on any atom is -0.351 e. The highest BCUT2D eigenvalue weighted by molar-refractivity contribution is 5.43. The van der Waals surface area contributed by atoms with Crippen molar-refractivity contribution in [2.24, 2.45) is 5.73 Å². The quantitative estimate of drug-likeness (QED) is 0.828. The average Bonchev–Trinajstić information content (AvgIpc) is 2.33. The number of aromatic nitrogens is 1. The van der Waals surface area contributed by atoms with Gasteiger partial charge >= 0.3 is 0 Å². The fourth-order valence-electron chi connectivity index (χ4n) is 2.09. The van der Waals surface area contributed by atoms with Crippen molar-refractivity contribution >= 4 is 5.82 Å². The Morgan fingerprint density at radius 3 is 2.94 bits per heavy atom. The first-order valence-electron chi connectivity index (χ1n) is 5.92. The first-order chi connectivity index (χ1) is 8.13. The first-order valence-corrected chi connectivity index (χ1v) is 5.92. The van der Waals surface area contributed by atoms with E-state index >= 15 is 0 Å². The Balaban J connectivity index is 2.23. The Labute approximate surface area is 101 Å². The average molecular weight is 238 g/mol. The van der Waals surface area contributed by atoms with Crippen LogP contribution in [-0.4, -0.2) is 42.6 Å². The van der Waals surface area contributed by atoms with E-state index in [1.54, 1.807) is 12.3 Å². The molecular weight excluding hydrogens is 219 g/mol. The standard InChI is InChI=1S/C12H19FN4/c1-9-8-17(6-5-16(9)2)12-11(13)10(7-14)3-4-15-12/h3-4,9H,5-8,14H2,1-2H3. The van der Waals surface area contributed by atoms with Gasteiger partial charge in [0.05, 0.1) is 0 Å². The minimum atomic E-state index is -0.272. The summed E-state index contributed by atoms with van der Waals surface area (Å²) < 4.78 is 14.1. The molecule has 2 heterocycles. The van der Waals surface area contributed by atoms with E-state index in [-0.39, 0.29) is 12.4 Å². The van der Waals surface area contributed by atoms with Crippen LogP contribution in [0.3, 0.4) is 0 Å². The van der Waals surface area contributed by atoms with Crippen LogP contribution in [0.25, 0.3) is 0 Å². The maximum atomic E-state index is 14.1. The summed E-state index contributed by atoms with van der Waals surface area (Å²) in [5.41, 5.74) is 6.03. The van der Waals surface area contributed by atoms with Gasteiger partial charge in [-0.25, -0.2) is 9.37 Å². The van der Waals surface area contributed by atoms with E-state index in [0.717, 1.165) is 19.6 Å². The summed E-state index contributed by atoms with van der Waals surface area (Å²) >= 11 is 0. The van der Waals surface area contributed by atoms with Crippen molar-refractivity contribution in [1.29, 1.82) is 0 Å². The fourth-order valence-corrected chi connectivity index (χ4v) is 2.09. The molecule has 94 valence electrons. The highest BCUT2D eigenvalue weighted by Gasteiger charge is 2.24. The molecule has 1 aliphatic heterocycles. The Hall–Kier alpha value is -1.20. The molecule has 5 heteroatoms. The predicted octanol–water partition coefficient (Wildman–Crippen LogP) is 0.820. The van der Waals surface area contributed by atoms with Gasteiger partial charge < -0.3 is 15.5 Å². The lowest BCUT2D eigenvalue weighted by atomic mass is 10.2. The Bertz CT molecular complexity index is 396. The first kappa shape index (κ1) is 12.3. The molecule has 0 aromatic carbocycles. The molecule has 0 aliphatic carbocycles. The van der Waals surface area contributed by atoms with Crippen LogP contribution in [0.1, 0.15) is 12.5 Å². The van der Waals surface area contributed by atoms with E-state index in [2.05, 4.69) is 23.9 Å². The number of piperazine rings is 1. The van der Waals surface area contributed by atoms with Crippen LogP contribution >= 0.6 is 0 Å². The van der Waals surface area contributed by atoms with Crippen LogP contribution in [0.4, 0.5) is 10.2 Å². The lowest BCUT2D eigenvalue weighted by Gasteiger charge is -2.38. The number of halogens is 1. The van der Waals surface area contributed by atoms with Gasteiger partial charge in [-0.2, -0.15) is 0 Å². The number of pyridine rings is 1. The molecule has 2 rings (SSSR count). The van der Waals surface area contributed by atoms with Crippen molar-refractivity contribution in [3.05, 3.63) is 23.6 Å². The summed E-state index contributed by atoms with van der Waals surface area (Å²) in [4.78, 5) is 8.41. The summed E-state index contributed by atoms with van der Waals surface area (Å²) in [6.07, 6.45) is 1.63. The number of hydrogen-bond acceptors (Lipinski definition) is 4. The van der Waals surface area contributed by atoms with Gasteiger partial charge in [0.15, 0.2) is 11.6 Å². The van der Waals surface area contributed by atoms with Gasteiger partial charge in [0.25, 0.3) is 0 Å². The second kappa shape index (κ2) is 4.98. The van der Waals surface area contributed by atoms with Gasteiger partial charge in [0.1, 0.15) is 0 Å². The number of hydrogen-bond donors (Lipinski definition) is 1. The molecule has 1 aliphatic rings. The summed E-state index contributed by atoms with van der Waals surface area (Å²) in [5.74, 6) is 0.166. The van der Waals surface area contributed by atoms with Crippen LogP contribution in [0, 0.1) is 5.82 Å². The molecule has 1 aromatic rings. The third-order valence-electron chi connectivity index (χ3n) is 3.43. The molecule has 1 saturated heterocycles. The third kappa shape index (κ3) is 2.40. The van der Waals surface area contributed by atoms with Gasteiger partial charge in [-0.3, -0.25) is 0 Å². The van der Waals surface area contributed by atoms with Crippen molar-refractivity contribution in [1.82, 2.24) is 9.88 Å². The molecule has 4 nitrogen and oxygen atoms in total. The number of likely N-dealkylation sites (N-methyl/N-ethyl adjacent to an activating group) is 1. The molecule has 1 aromatic heterocycles. The summed E-state index contributed by atoms with van der Waals surface area (Å²) in [7, 11) is 2.09. The summed E-state index contributed by atoms with van der Waals surface area (Å²) in [5, 5.41) is 0. The van der Waals surface area contributed by atoms with E-state index in [1.165, 1.54) is 0 Å². The lowest BCUT2D eigenvalue weighted by Crippen LogP contribution is -2.50. The van der Waals surface area contributed by atoms with Crippen molar-refractivity contribution < 1.29 is 4.39 Å². The lowest BCUT2D eigenvalue weighted by molar-refractivity contribution is 0.232. The summed E-state index contributed by atoms with van der Waals surface area (Å²) in [6.45, 7) is 4.88. The molecule has 0 amide bonds. The van der Waals surface area contributed by atoms with Gasteiger partial charge in [0, 0.05) is 44.0 Å². The molecule has 0 bridgehead atoms. The molecule has 17 heavy (non-hydrogen) atoms. The normalized spacial score (nSPS) is 21.9. The van der Waals surface area contributed by atoms with Gasteiger partial charge in [-0.1, -0.05) is 0 Å². The Kier molecular flexibility index (Phi) is 3.59. The van der Waals surface area contributed by atoms with Crippen molar-refractivity contribution in [3.8, 4) is 0 Å². The molecular formula is C12H19FN4. The third-order valence-corrected chi connectivity index (χ3v) is 3.43. The minimum absolute atomic E-state index is 0.213. The highest BCUT2D eigenvalue weighted by atomic mass is 19.1. The zero-order valence-electron chi connectivity index (χ0n) is 10.4. The zero-order chi connectivity index (χ0) is 12.4. The molecule has 1 atom stereocenters. The number of nitrogens with zero attached hydrogens (tertiary/aromatic N) is 3. The van der Waals surface area contributed by atoms with E-state index < -0.39 is 0 Å². The van der Waals surface area contributed by atoms with Crippen molar-refractivity contribution in [3.63, 3.8) is 0 Å². The number of rotatable bonds is 2. The van der Waals surface area contributed by atoms with E-state index in [9.17, 15) is 4.39 Å². The second-order valence-electron chi connectivity index (χ2n) is 4.59. The molecule has 0 radical (unpaired) electrons. The van der Waals surface area contributed by atoms with Crippen LogP contribution in [0.2, 0.25) is 0 Å². The van der Waals surface area contributed by atoms with Gasteiger partial charge in [-0.15, -0.1) is 0 Å². The SMILES string of the molecule is CC1CN(c2nccc(CN)c2F)CCN1C. The molecule has 1 unspecified atom stereocenters. The Morgan fingerprint density at radius 2 is 2.29 bits per heavy atom. The topological polar surface area (TPSA) is 45.4 Å². The predicted molar refractivity (Wildman–Crippen MR) is 66.4 cm³/mol. The van der Waals surface area contributed by atoms with E-state index in [0.29, 0.717) is 17.4 Å². The van der Waals surface area contributed by atoms with Crippen LogP contribution in [0.5, 0.6) is 0 Å². The van der Waals surface area contributed by atoms with Crippen LogP contribution < -0.4 is 10.6 Å². The molecule has 1 fully saturated rings. The smallest absolute Gasteiger partial charge is 0.170 e. The van der Waals surface area contributed by atoms with Crippen molar-refractivity contribution in [2.45, 2.75) is 19.5 Å². The number of nitrogens with two attached hydrogens (primary N) is 1. The molecule has 0 spiro atoms. The molecule has 2 N–H and O–H groups in total. The maximum absolute atomic E-state index is 14.1. The largest absolute Gasteiger partial charge is 0.351 e. The van der Waals surface area contributed by atoms with Gasteiger partial charge in [0.2, 0.25) is 0 Å².